The number of rotatable bonds is 3. The smallest absolute Gasteiger partial charge is 0.314 e. The van der Waals surface area contributed by atoms with E-state index >= 15 is 0 Å². The van der Waals surface area contributed by atoms with Gasteiger partial charge < -0.3 is 15.2 Å². The van der Waals surface area contributed by atoms with Gasteiger partial charge in [-0.25, -0.2) is 0 Å². The van der Waals surface area contributed by atoms with E-state index in [-0.39, 0.29) is 0 Å². The molecular weight excluding hydrogens is 254 g/mol. The minimum atomic E-state index is -0.901. The van der Waals surface area contributed by atoms with Crippen LogP contribution in [0.2, 0.25) is 5.02 Å². The first-order chi connectivity index (χ1) is 8.60. The normalized spacial score (nSPS) is 18.3. The van der Waals surface area contributed by atoms with Crippen molar-refractivity contribution < 1.29 is 14.6 Å². The lowest BCUT2D eigenvalue weighted by molar-refractivity contribution is -0.145. The summed E-state index contributed by atoms with van der Waals surface area (Å²) in [5, 5.41) is 13.3. The molecule has 1 aliphatic heterocycles. The van der Waals surface area contributed by atoms with Gasteiger partial charge in [0.1, 0.15) is 5.75 Å². The van der Waals surface area contributed by atoms with Gasteiger partial charge in [-0.1, -0.05) is 11.6 Å². The number of piperidine rings is 1. The molecular formula is C13H16ClNO3. The molecule has 0 bridgehead atoms. The molecule has 4 nitrogen and oxygen atoms in total. The van der Waals surface area contributed by atoms with E-state index in [0.717, 1.165) is 0 Å². The van der Waals surface area contributed by atoms with E-state index in [9.17, 15) is 9.90 Å². The van der Waals surface area contributed by atoms with Gasteiger partial charge in [-0.2, -0.15) is 0 Å². The van der Waals surface area contributed by atoms with Crippen molar-refractivity contribution >= 4 is 17.6 Å². The quantitative estimate of drug-likeness (QED) is 0.882. The fourth-order valence-electron chi connectivity index (χ4n) is 2.51. The number of ether oxygens (including phenoxy) is 1. The van der Waals surface area contributed by atoms with Gasteiger partial charge in [0.25, 0.3) is 0 Å². The number of aliphatic carboxylic acids is 1. The molecule has 0 unspecified atom stereocenters. The molecule has 0 amide bonds. The van der Waals surface area contributed by atoms with Crippen molar-refractivity contribution in [2.24, 2.45) is 0 Å². The molecule has 2 N–H and O–H groups in total. The maximum absolute atomic E-state index is 11.7. The average molecular weight is 270 g/mol. The second kappa shape index (κ2) is 5.16. The van der Waals surface area contributed by atoms with Gasteiger partial charge in [-0.05, 0) is 44.1 Å². The van der Waals surface area contributed by atoms with E-state index in [1.807, 2.05) is 0 Å². The van der Waals surface area contributed by atoms with Crippen LogP contribution in [-0.2, 0) is 10.2 Å². The third-order valence-electron chi connectivity index (χ3n) is 3.54. The Labute approximate surface area is 111 Å². The molecule has 0 atom stereocenters. The number of methoxy groups -OCH3 is 1. The molecule has 0 aromatic heterocycles. The Morgan fingerprint density at radius 3 is 2.67 bits per heavy atom. The van der Waals surface area contributed by atoms with Crippen molar-refractivity contribution in [2.45, 2.75) is 18.3 Å². The maximum Gasteiger partial charge on any atom is 0.314 e. The highest BCUT2D eigenvalue weighted by molar-refractivity contribution is 6.30. The molecule has 1 aromatic carbocycles. The van der Waals surface area contributed by atoms with E-state index in [0.29, 0.717) is 42.3 Å². The van der Waals surface area contributed by atoms with Crippen molar-refractivity contribution in [3.05, 3.63) is 28.8 Å². The maximum atomic E-state index is 11.7. The van der Waals surface area contributed by atoms with Crippen molar-refractivity contribution in [1.82, 2.24) is 5.32 Å². The van der Waals surface area contributed by atoms with E-state index in [1.54, 1.807) is 25.3 Å². The fourth-order valence-corrected chi connectivity index (χ4v) is 2.68. The molecule has 0 aliphatic carbocycles. The minimum Gasteiger partial charge on any atom is -0.496 e. The summed E-state index contributed by atoms with van der Waals surface area (Å²) in [6.45, 7) is 1.37. The third kappa shape index (κ3) is 2.18. The molecule has 0 saturated carbocycles. The first-order valence-electron chi connectivity index (χ1n) is 5.88. The van der Waals surface area contributed by atoms with Crippen LogP contribution < -0.4 is 10.1 Å². The zero-order valence-corrected chi connectivity index (χ0v) is 11.0. The van der Waals surface area contributed by atoms with Crippen LogP contribution in [-0.4, -0.2) is 31.3 Å². The molecule has 1 saturated heterocycles. The number of benzene rings is 1. The Balaban J connectivity index is 2.54. The molecule has 1 aromatic rings. The zero-order valence-electron chi connectivity index (χ0n) is 10.2. The van der Waals surface area contributed by atoms with Crippen LogP contribution in [0.4, 0.5) is 0 Å². The monoisotopic (exact) mass is 269 g/mol. The van der Waals surface area contributed by atoms with Gasteiger partial charge in [0.2, 0.25) is 0 Å². The Morgan fingerprint density at radius 1 is 1.44 bits per heavy atom. The van der Waals surface area contributed by atoms with Gasteiger partial charge in [-0.3, -0.25) is 4.79 Å². The number of carboxylic acids is 1. The summed E-state index contributed by atoms with van der Waals surface area (Å²) >= 11 is 6.00. The summed E-state index contributed by atoms with van der Waals surface area (Å²) in [7, 11) is 1.55. The first-order valence-corrected chi connectivity index (χ1v) is 6.26. The molecule has 1 fully saturated rings. The van der Waals surface area contributed by atoms with Crippen LogP contribution in [0.1, 0.15) is 18.4 Å². The van der Waals surface area contributed by atoms with Gasteiger partial charge in [-0.15, -0.1) is 0 Å². The molecule has 0 radical (unpaired) electrons. The minimum absolute atomic E-state index is 0.532. The third-order valence-corrected chi connectivity index (χ3v) is 3.78. The summed E-state index contributed by atoms with van der Waals surface area (Å²) in [6.07, 6.45) is 1.08. The van der Waals surface area contributed by atoms with Crippen LogP contribution in [0.15, 0.2) is 18.2 Å². The van der Waals surface area contributed by atoms with E-state index < -0.39 is 11.4 Å². The fraction of sp³-hybridized carbons (Fsp3) is 0.462. The predicted molar refractivity (Wildman–Crippen MR) is 69.4 cm³/mol. The molecule has 1 heterocycles. The van der Waals surface area contributed by atoms with Gasteiger partial charge in [0.15, 0.2) is 0 Å². The molecule has 98 valence electrons. The number of nitrogens with one attached hydrogen (secondary N) is 1. The largest absolute Gasteiger partial charge is 0.496 e. The SMILES string of the molecule is COc1ccc(Cl)cc1C1(C(=O)O)CCNCC1. The van der Waals surface area contributed by atoms with E-state index in [1.165, 1.54) is 0 Å². The highest BCUT2D eigenvalue weighted by Crippen LogP contribution is 2.40. The number of hydrogen-bond donors (Lipinski definition) is 2. The van der Waals surface area contributed by atoms with Crippen molar-refractivity contribution in [2.75, 3.05) is 20.2 Å². The number of carbonyl (C=O) groups is 1. The lowest BCUT2D eigenvalue weighted by Gasteiger charge is -2.35. The van der Waals surface area contributed by atoms with Crippen LogP contribution in [0.25, 0.3) is 0 Å². The Kier molecular flexibility index (Phi) is 3.78. The highest BCUT2D eigenvalue weighted by atomic mass is 35.5. The van der Waals surface area contributed by atoms with Crippen LogP contribution in [0.5, 0.6) is 5.75 Å². The lowest BCUT2D eigenvalue weighted by Crippen LogP contribution is -2.45. The second-order valence-electron chi connectivity index (χ2n) is 4.48. The van der Waals surface area contributed by atoms with Gasteiger partial charge in [0.05, 0.1) is 12.5 Å². The Morgan fingerprint density at radius 2 is 2.11 bits per heavy atom. The van der Waals surface area contributed by atoms with Crippen LogP contribution >= 0.6 is 11.6 Å². The van der Waals surface area contributed by atoms with Crippen molar-refractivity contribution in [1.29, 1.82) is 0 Å². The summed E-state index contributed by atoms with van der Waals surface area (Å²) in [5.41, 5.74) is -0.229. The van der Waals surface area contributed by atoms with E-state index in [2.05, 4.69) is 5.32 Å². The van der Waals surface area contributed by atoms with E-state index in [4.69, 9.17) is 16.3 Å². The molecule has 0 spiro atoms. The average Bonchev–Trinajstić information content (AvgIpc) is 2.39. The number of carboxylic acid groups (broad SMARTS) is 1. The summed E-state index contributed by atoms with van der Waals surface area (Å²) in [6, 6.07) is 5.14. The summed E-state index contributed by atoms with van der Waals surface area (Å²) < 4.78 is 5.29. The standard InChI is InChI=1S/C13H16ClNO3/c1-18-11-3-2-9(14)8-10(11)13(12(16)17)4-6-15-7-5-13/h2-3,8,15H,4-7H2,1H3,(H,16,17). The molecule has 1 aliphatic rings. The van der Waals surface area contributed by atoms with Gasteiger partial charge >= 0.3 is 5.97 Å². The van der Waals surface area contributed by atoms with Crippen LogP contribution in [0.3, 0.4) is 0 Å². The predicted octanol–water partition coefficient (Wildman–Crippen LogP) is 2.05. The molecule has 5 heteroatoms. The summed E-state index contributed by atoms with van der Waals surface area (Å²) in [4.78, 5) is 11.7. The molecule has 2 rings (SSSR count). The number of halogens is 1. The lowest BCUT2D eigenvalue weighted by atomic mass is 9.73. The Bertz CT molecular complexity index is 456. The number of hydrogen-bond acceptors (Lipinski definition) is 3. The zero-order chi connectivity index (χ0) is 13.2. The van der Waals surface area contributed by atoms with Crippen LogP contribution in [0, 0.1) is 0 Å². The second-order valence-corrected chi connectivity index (χ2v) is 4.92. The highest BCUT2D eigenvalue weighted by Gasteiger charge is 2.43. The summed E-state index contributed by atoms with van der Waals surface area (Å²) in [5.74, 6) is -0.228. The van der Waals surface area contributed by atoms with Gasteiger partial charge in [0, 0.05) is 10.6 Å². The van der Waals surface area contributed by atoms with Crippen molar-refractivity contribution in [3.63, 3.8) is 0 Å². The van der Waals surface area contributed by atoms with Crippen molar-refractivity contribution in [3.8, 4) is 5.75 Å². The molecule has 18 heavy (non-hydrogen) atoms. The Hall–Kier alpha value is -1.26. The first kappa shape index (κ1) is 13.2. The topological polar surface area (TPSA) is 58.6 Å².